The molecule has 0 aliphatic rings. The van der Waals surface area contributed by atoms with E-state index < -0.39 is 0 Å². The molecule has 5 aromatic rings. The number of benzene rings is 2. The van der Waals surface area contributed by atoms with E-state index in [0.29, 0.717) is 16.2 Å². The number of hydrogen-bond donors (Lipinski definition) is 1. The van der Waals surface area contributed by atoms with Crippen molar-refractivity contribution in [1.29, 1.82) is 0 Å². The molecular weight excluding hydrogens is 368 g/mol. The summed E-state index contributed by atoms with van der Waals surface area (Å²) in [4.78, 5) is 26.1. The maximum atomic E-state index is 13.0. The third-order valence-corrected chi connectivity index (χ3v) is 5.30. The molecule has 3 heterocycles. The molecule has 0 atom stereocenters. The molecule has 5 rings (SSSR count). The van der Waals surface area contributed by atoms with Gasteiger partial charge in [-0.3, -0.25) is 20.1 Å². The number of anilines is 1. The zero-order valence-corrected chi connectivity index (χ0v) is 15.5. The van der Waals surface area contributed by atoms with Crippen LogP contribution in [0.3, 0.4) is 0 Å². The second-order valence-corrected chi connectivity index (χ2v) is 7.14. The standard InChI is InChI=1S/C22H14N4OS/c27-21(26-22-25-19(13-28-22)15-6-3-9-23-12-15)18-11-14-5-1-2-7-16(14)17-8-4-10-24-20(17)18/h1-13H,(H,25,26,27). The van der Waals surface area contributed by atoms with E-state index in [-0.39, 0.29) is 5.91 Å². The number of aromatic nitrogens is 3. The average molecular weight is 382 g/mol. The maximum absolute atomic E-state index is 13.0. The Balaban J connectivity index is 1.53. The number of carbonyl (C=O) groups is 1. The summed E-state index contributed by atoms with van der Waals surface area (Å²) < 4.78 is 0. The fourth-order valence-electron chi connectivity index (χ4n) is 3.24. The Morgan fingerprint density at radius 1 is 0.964 bits per heavy atom. The number of hydrogen-bond acceptors (Lipinski definition) is 5. The molecule has 1 amide bonds. The van der Waals surface area contributed by atoms with E-state index in [1.165, 1.54) is 11.3 Å². The van der Waals surface area contributed by atoms with Crippen molar-refractivity contribution in [3.63, 3.8) is 0 Å². The molecule has 28 heavy (non-hydrogen) atoms. The van der Waals surface area contributed by atoms with Gasteiger partial charge in [0, 0.05) is 34.9 Å². The molecule has 0 aliphatic carbocycles. The van der Waals surface area contributed by atoms with Gasteiger partial charge in [-0.15, -0.1) is 11.3 Å². The lowest BCUT2D eigenvalue weighted by atomic mass is 10.0. The lowest BCUT2D eigenvalue weighted by Gasteiger charge is -2.09. The van der Waals surface area contributed by atoms with Crippen LogP contribution in [0.5, 0.6) is 0 Å². The summed E-state index contributed by atoms with van der Waals surface area (Å²) in [6.07, 6.45) is 5.18. The maximum Gasteiger partial charge on any atom is 0.259 e. The fourth-order valence-corrected chi connectivity index (χ4v) is 3.96. The van der Waals surface area contributed by atoms with Gasteiger partial charge in [-0.25, -0.2) is 4.98 Å². The minimum Gasteiger partial charge on any atom is -0.298 e. The Hall–Kier alpha value is -3.64. The highest BCUT2D eigenvalue weighted by molar-refractivity contribution is 7.14. The lowest BCUT2D eigenvalue weighted by Crippen LogP contribution is -2.12. The third kappa shape index (κ3) is 2.90. The second kappa shape index (κ2) is 6.83. The Labute approximate surface area is 164 Å². The van der Waals surface area contributed by atoms with Crippen LogP contribution < -0.4 is 5.32 Å². The number of nitrogens with one attached hydrogen (secondary N) is 1. The molecule has 1 N–H and O–H groups in total. The molecule has 0 bridgehead atoms. The highest BCUT2D eigenvalue weighted by atomic mass is 32.1. The van der Waals surface area contributed by atoms with E-state index >= 15 is 0 Å². The molecule has 0 aliphatic heterocycles. The van der Waals surface area contributed by atoms with Crippen molar-refractivity contribution in [3.8, 4) is 11.3 Å². The first kappa shape index (κ1) is 16.5. The van der Waals surface area contributed by atoms with Crippen molar-refractivity contribution < 1.29 is 4.79 Å². The minimum atomic E-state index is -0.221. The summed E-state index contributed by atoms with van der Waals surface area (Å²) in [7, 11) is 0. The summed E-state index contributed by atoms with van der Waals surface area (Å²) in [6.45, 7) is 0. The summed E-state index contributed by atoms with van der Waals surface area (Å²) in [5.41, 5.74) is 2.92. The van der Waals surface area contributed by atoms with Gasteiger partial charge in [0.1, 0.15) is 0 Å². The lowest BCUT2D eigenvalue weighted by molar-refractivity contribution is 0.102. The second-order valence-electron chi connectivity index (χ2n) is 6.28. The van der Waals surface area contributed by atoms with Crippen LogP contribution in [0.2, 0.25) is 0 Å². The quantitative estimate of drug-likeness (QED) is 0.438. The first-order chi connectivity index (χ1) is 13.8. The van der Waals surface area contributed by atoms with Crippen molar-refractivity contribution in [3.05, 3.63) is 84.1 Å². The van der Waals surface area contributed by atoms with E-state index in [1.54, 1.807) is 18.6 Å². The highest BCUT2D eigenvalue weighted by Crippen LogP contribution is 2.29. The van der Waals surface area contributed by atoms with Crippen LogP contribution in [0.15, 0.2) is 78.6 Å². The third-order valence-electron chi connectivity index (χ3n) is 4.54. The van der Waals surface area contributed by atoms with Crippen LogP contribution in [0.1, 0.15) is 10.4 Å². The highest BCUT2D eigenvalue weighted by Gasteiger charge is 2.16. The number of rotatable bonds is 3. The van der Waals surface area contributed by atoms with E-state index in [4.69, 9.17) is 0 Å². The summed E-state index contributed by atoms with van der Waals surface area (Å²) in [5, 5.41) is 8.40. The average Bonchev–Trinajstić information content (AvgIpc) is 3.22. The van der Waals surface area contributed by atoms with Crippen LogP contribution in [0.25, 0.3) is 32.9 Å². The normalized spacial score (nSPS) is 11.0. The van der Waals surface area contributed by atoms with Gasteiger partial charge in [0.15, 0.2) is 5.13 Å². The zero-order chi connectivity index (χ0) is 18.9. The van der Waals surface area contributed by atoms with E-state index in [2.05, 4.69) is 20.3 Å². The van der Waals surface area contributed by atoms with Gasteiger partial charge in [0.2, 0.25) is 0 Å². The van der Waals surface area contributed by atoms with Gasteiger partial charge in [-0.05, 0) is 35.0 Å². The first-order valence-corrected chi connectivity index (χ1v) is 9.61. The van der Waals surface area contributed by atoms with Crippen LogP contribution in [-0.2, 0) is 0 Å². The molecular formula is C22H14N4OS. The van der Waals surface area contributed by atoms with Gasteiger partial charge < -0.3 is 0 Å². The molecule has 0 radical (unpaired) electrons. The molecule has 0 unspecified atom stereocenters. The number of carbonyl (C=O) groups excluding carboxylic acids is 1. The predicted molar refractivity (Wildman–Crippen MR) is 113 cm³/mol. The van der Waals surface area contributed by atoms with Crippen molar-refractivity contribution in [1.82, 2.24) is 15.0 Å². The number of pyridine rings is 2. The van der Waals surface area contributed by atoms with Gasteiger partial charge in [-0.2, -0.15) is 0 Å². The molecule has 3 aromatic heterocycles. The molecule has 6 heteroatoms. The Kier molecular flexibility index (Phi) is 4.03. The van der Waals surface area contributed by atoms with Crippen LogP contribution in [0, 0.1) is 0 Å². The van der Waals surface area contributed by atoms with E-state index in [9.17, 15) is 4.79 Å². The summed E-state index contributed by atoms with van der Waals surface area (Å²) >= 11 is 1.39. The van der Waals surface area contributed by atoms with Crippen molar-refractivity contribution in [2.75, 3.05) is 5.32 Å². The minimum absolute atomic E-state index is 0.221. The van der Waals surface area contributed by atoms with Gasteiger partial charge >= 0.3 is 0 Å². The molecule has 0 saturated carbocycles. The van der Waals surface area contributed by atoms with E-state index in [1.807, 2.05) is 60.0 Å². The molecule has 0 spiro atoms. The van der Waals surface area contributed by atoms with Crippen molar-refractivity contribution in [2.45, 2.75) is 0 Å². The number of amides is 1. The van der Waals surface area contributed by atoms with Gasteiger partial charge in [0.05, 0.1) is 16.8 Å². The monoisotopic (exact) mass is 382 g/mol. The molecule has 5 nitrogen and oxygen atoms in total. The predicted octanol–water partition coefficient (Wildman–Crippen LogP) is 5.16. The van der Waals surface area contributed by atoms with Crippen LogP contribution in [0.4, 0.5) is 5.13 Å². The topological polar surface area (TPSA) is 67.8 Å². The van der Waals surface area contributed by atoms with Gasteiger partial charge in [0.25, 0.3) is 5.91 Å². The van der Waals surface area contributed by atoms with Crippen molar-refractivity contribution >= 4 is 44.1 Å². The number of nitrogens with zero attached hydrogens (tertiary/aromatic N) is 3. The van der Waals surface area contributed by atoms with Crippen LogP contribution >= 0.6 is 11.3 Å². The molecule has 134 valence electrons. The molecule has 0 fully saturated rings. The Morgan fingerprint density at radius 3 is 2.71 bits per heavy atom. The molecule has 2 aromatic carbocycles. The van der Waals surface area contributed by atoms with Gasteiger partial charge in [-0.1, -0.05) is 30.3 Å². The first-order valence-electron chi connectivity index (χ1n) is 8.73. The largest absolute Gasteiger partial charge is 0.298 e. The summed E-state index contributed by atoms with van der Waals surface area (Å²) in [5.74, 6) is -0.221. The number of fused-ring (bicyclic) bond motifs is 3. The van der Waals surface area contributed by atoms with Crippen molar-refractivity contribution in [2.24, 2.45) is 0 Å². The molecule has 0 saturated heterocycles. The zero-order valence-electron chi connectivity index (χ0n) is 14.7. The SMILES string of the molecule is O=C(Nc1nc(-c2cccnc2)cs1)c1cc2ccccc2c2cccnc12. The van der Waals surface area contributed by atoms with E-state index in [0.717, 1.165) is 27.4 Å². The Morgan fingerprint density at radius 2 is 1.82 bits per heavy atom. The fraction of sp³-hybridized carbons (Fsp3) is 0. The Bertz CT molecular complexity index is 1310. The summed E-state index contributed by atoms with van der Waals surface area (Å²) in [6, 6.07) is 17.6. The van der Waals surface area contributed by atoms with Crippen LogP contribution in [-0.4, -0.2) is 20.9 Å². The number of thiazole rings is 1. The smallest absolute Gasteiger partial charge is 0.259 e.